The molecule has 20 heavy (non-hydrogen) atoms. The van der Waals surface area contributed by atoms with Gasteiger partial charge in [0.15, 0.2) is 0 Å². The van der Waals surface area contributed by atoms with Crippen LogP contribution in [0.15, 0.2) is 30.5 Å². The minimum Gasteiger partial charge on any atom is -0.487 e. The molecule has 0 aliphatic heterocycles. The van der Waals surface area contributed by atoms with Gasteiger partial charge in [0.25, 0.3) is 0 Å². The van der Waals surface area contributed by atoms with E-state index in [4.69, 9.17) is 16.3 Å². The van der Waals surface area contributed by atoms with Crippen LogP contribution in [0.3, 0.4) is 0 Å². The molecule has 106 valence electrons. The second-order valence-electron chi connectivity index (χ2n) is 5.18. The van der Waals surface area contributed by atoms with Gasteiger partial charge in [-0.25, -0.2) is 0 Å². The van der Waals surface area contributed by atoms with Gasteiger partial charge in [0.05, 0.1) is 5.69 Å². The molecule has 1 fully saturated rings. The van der Waals surface area contributed by atoms with Crippen molar-refractivity contribution >= 4 is 11.6 Å². The largest absolute Gasteiger partial charge is 0.487 e. The first-order valence-corrected chi connectivity index (χ1v) is 7.21. The van der Waals surface area contributed by atoms with Gasteiger partial charge in [-0.2, -0.15) is 5.10 Å². The standard InChI is InChI=1S/C15H18ClN3O/c1-19-7-6-14(18-19)10-20-15-5-2-12(16)8-11(15)9-17-13-3-4-13/h2,5-8,13,17H,3-4,9-10H2,1H3. The molecule has 0 amide bonds. The summed E-state index contributed by atoms with van der Waals surface area (Å²) >= 11 is 6.07. The normalized spacial score (nSPS) is 14.5. The maximum Gasteiger partial charge on any atom is 0.132 e. The molecular formula is C15H18ClN3O. The highest BCUT2D eigenvalue weighted by Crippen LogP contribution is 2.26. The number of ether oxygens (including phenoxy) is 1. The van der Waals surface area contributed by atoms with Crippen LogP contribution in [0, 0.1) is 0 Å². The lowest BCUT2D eigenvalue weighted by atomic mass is 10.2. The Morgan fingerprint density at radius 1 is 1.40 bits per heavy atom. The number of rotatable bonds is 6. The van der Waals surface area contributed by atoms with Crippen LogP contribution in [0.25, 0.3) is 0 Å². The smallest absolute Gasteiger partial charge is 0.132 e. The lowest BCUT2D eigenvalue weighted by Gasteiger charge is -2.12. The molecule has 1 saturated carbocycles. The molecule has 1 aliphatic carbocycles. The van der Waals surface area contributed by atoms with Crippen molar-refractivity contribution in [2.24, 2.45) is 7.05 Å². The van der Waals surface area contributed by atoms with Crippen molar-refractivity contribution in [3.63, 3.8) is 0 Å². The first-order valence-electron chi connectivity index (χ1n) is 6.84. The van der Waals surface area contributed by atoms with Gasteiger partial charge in [0, 0.05) is 36.4 Å². The maximum absolute atomic E-state index is 6.07. The summed E-state index contributed by atoms with van der Waals surface area (Å²) in [5.74, 6) is 0.869. The minimum absolute atomic E-state index is 0.471. The molecule has 0 unspecified atom stereocenters. The predicted molar refractivity (Wildman–Crippen MR) is 78.9 cm³/mol. The Balaban J connectivity index is 1.66. The second-order valence-corrected chi connectivity index (χ2v) is 5.61. The van der Waals surface area contributed by atoms with Crippen molar-refractivity contribution in [3.8, 4) is 5.75 Å². The van der Waals surface area contributed by atoms with Crippen LogP contribution in [0.2, 0.25) is 5.02 Å². The fourth-order valence-corrected chi connectivity index (χ4v) is 2.26. The summed E-state index contributed by atoms with van der Waals surface area (Å²) in [4.78, 5) is 0. The zero-order valence-electron chi connectivity index (χ0n) is 11.5. The van der Waals surface area contributed by atoms with Gasteiger partial charge in [0.2, 0.25) is 0 Å². The van der Waals surface area contributed by atoms with Gasteiger partial charge in [-0.05, 0) is 37.1 Å². The number of benzene rings is 1. The Morgan fingerprint density at radius 2 is 2.25 bits per heavy atom. The molecule has 0 atom stereocenters. The molecule has 1 N–H and O–H groups in total. The summed E-state index contributed by atoms with van der Waals surface area (Å²) in [5, 5.41) is 8.53. The van der Waals surface area contributed by atoms with Crippen LogP contribution in [0.5, 0.6) is 5.75 Å². The van der Waals surface area contributed by atoms with E-state index in [1.165, 1.54) is 12.8 Å². The number of nitrogens with zero attached hydrogens (tertiary/aromatic N) is 2. The van der Waals surface area contributed by atoms with E-state index in [1.54, 1.807) is 4.68 Å². The first kappa shape index (κ1) is 13.5. The van der Waals surface area contributed by atoms with Crippen molar-refractivity contribution in [2.45, 2.75) is 32.0 Å². The minimum atomic E-state index is 0.471. The third kappa shape index (κ3) is 3.52. The highest BCUT2D eigenvalue weighted by atomic mass is 35.5. The van der Waals surface area contributed by atoms with Gasteiger partial charge in [-0.1, -0.05) is 11.6 Å². The highest BCUT2D eigenvalue weighted by Gasteiger charge is 2.20. The second kappa shape index (κ2) is 5.85. The third-order valence-electron chi connectivity index (χ3n) is 3.33. The molecule has 5 heteroatoms. The quantitative estimate of drug-likeness (QED) is 0.889. The van der Waals surface area contributed by atoms with Crippen LogP contribution in [-0.4, -0.2) is 15.8 Å². The SMILES string of the molecule is Cn1ccc(COc2ccc(Cl)cc2CNC2CC2)n1. The molecule has 0 radical (unpaired) electrons. The Labute approximate surface area is 123 Å². The number of nitrogens with one attached hydrogen (secondary N) is 1. The number of hydrogen-bond donors (Lipinski definition) is 1. The Bertz CT molecular complexity index is 593. The van der Waals surface area contributed by atoms with Crippen LogP contribution in [0.1, 0.15) is 24.1 Å². The topological polar surface area (TPSA) is 39.1 Å². The van der Waals surface area contributed by atoms with Crippen LogP contribution < -0.4 is 10.1 Å². The van der Waals surface area contributed by atoms with Crippen LogP contribution in [0.4, 0.5) is 0 Å². The van der Waals surface area contributed by atoms with E-state index in [1.807, 2.05) is 37.5 Å². The Hall–Kier alpha value is -1.52. The van der Waals surface area contributed by atoms with Crippen molar-refractivity contribution < 1.29 is 4.74 Å². The zero-order chi connectivity index (χ0) is 13.9. The van der Waals surface area contributed by atoms with E-state index in [2.05, 4.69) is 10.4 Å². The number of aromatic nitrogens is 2. The Morgan fingerprint density at radius 3 is 2.95 bits per heavy atom. The molecule has 1 heterocycles. The van der Waals surface area contributed by atoms with Crippen LogP contribution in [-0.2, 0) is 20.2 Å². The van der Waals surface area contributed by atoms with E-state index in [0.29, 0.717) is 12.6 Å². The fourth-order valence-electron chi connectivity index (χ4n) is 2.06. The third-order valence-corrected chi connectivity index (χ3v) is 3.56. The molecule has 0 spiro atoms. The lowest BCUT2D eigenvalue weighted by Crippen LogP contribution is -2.16. The van der Waals surface area contributed by atoms with Gasteiger partial charge in [-0.15, -0.1) is 0 Å². The predicted octanol–water partition coefficient (Wildman–Crippen LogP) is 2.90. The van der Waals surface area contributed by atoms with Crippen molar-refractivity contribution in [1.82, 2.24) is 15.1 Å². The summed E-state index contributed by atoms with van der Waals surface area (Å²) < 4.78 is 7.64. The number of hydrogen-bond acceptors (Lipinski definition) is 3. The average molecular weight is 292 g/mol. The number of halogens is 1. The lowest BCUT2D eigenvalue weighted by molar-refractivity contribution is 0.296. The summed E-state index contributed by atoms with van der Waals surface area (Å²) in [6.45, 7) is 1.27. The van der Waals surface area contributed by atoms with Crippen molar-refractivity contribution in [3.05, 3.63) is 46.7 Å². The van der Waals surface area contributed by atoms with Crippen LogP contribution >= 0.6 is 11.6 Å². The van der Waals surface area contributed by atoms with E-state index in [0.717, 1.165) is 28.6 Å². The molecule has 1 aromatic carbocycles. The molecule has 2 aromatic rings. The molecule has 1 aliphatic rings. The summed E-state index contributed by atoms with van der Waals surface area (Å²) in [6, 6.07) is 8.37. The monoisotopic (exact) mass is 291 g/mol. The summed E-state index contributed by atoms with van der Waals surface area (Å²) in [5.41, 5.74) is 2.02. The van der Waals surface area contributed by atoms with Crippen molar-refractivity contribution in [2.75, 3.05) is 0 Å². The van der Waals surface area contributed by atoms with Gasteiger partial charge < -0.3 is 10.1 Å². The number of aryl methyl sites for hydroxylation is 1. The molecule has 1 aromatic heterocycles. The zero-order valence-corrected chi connectivity index (χ0v) is 12.2. The van der Waals surface area contributed by atoms with Gasteiger partial charge in [0.1, 0.15) is 12.4 Å². The summed E-state index contributed by atoms with van der Waals surface area (Å²) in [6.07, 6.45) is 4.45. The van der Waals surface area contributed by atoms with E-state index in [-0.39, 0.29) is 0 Å². The summed E-state index contributed by atoms with van der Waals surface area (Å²) in [7, 11) is 1.90. The van der Waals surface area contributed by atoms with E-state index < -0.39 is 0 Å². The molecule has 3 rings (SSSR count). The van der Waals surface area contributed by atoms with Gasteiger partial charge >= 0.3 is 0 Å². The molecular weight excluding hydrogens is 274 g/mol. The first-order chi connectivity index (χ1) is 9.70. The molecule has 0 bridgehead atoms. The molecule has 4 nitrogen and oxygen atoms in total. The van der Waals surface area contributed by atoms with Gasteiger partial charge in [-0.3, -0.25) is 4.68 Å². The fraction of sp³-hybridized carbons (Fsp3) is 0.400. The van der Waals surface area contributed by atoms with E-state index >= 15 is 0 Å². The maximum atomic E-state index is 6.07. The van der Waals surface area contributed by atoms with E-state index in [9.17, 15) is 0 Å². The highest BCUT2D eigenvalue weighted by molar-refractivity contribution is 6.30. The molecule has 0 saturated heterocycles. The average Bonchev–Trinajstić information content (AvgIpc) is 3.17. The Kier molecular flexibility index (Phi) is 3.94. The van der Waals surface area contributed by atoms with Crippen molar-refractivity contribution in [1.29, 1.82) is 0 Å².